The first-order chi connectivity index (χ1) is 7.99. The highest BCUT2D eigenvalue weighted by Crippen LogP contribution is 2.38. The van der Waals surface area contributed by atoms with Crippen LogP contribution in [0.3, 0.4) is 0 Å². The Hall–Kier alpha value is -0.320. The minimum absolute atomic E-state index is 0. The first-order valence-electron chi connectivity index (χ1n) is 6.42. The van der Waals surface area contributed by atoms with Crippen molar-refractivity contribution in [2.45, 2.75) is 40.2 Å². The average Bonchev–Trinajstić information content (AvgIpc) is 2.67. The Morgan fingerprint density at radius 3 is 2.50 bits per heavy atom. The fraction of sp³-hybridized carbons (Fsp3) is 0.769. The molecule has 2 rings (SSSR count). The smallest absolute Gasteiger partial charge is 0.180 e. The molecule has 0 atom stereocenters. The highest BCUT2D eigenvalue weighted by atomic mass is 35.5. The largest absolute Gasteiger partial charge is 0.375 e. The van der Waals surface area contributed by atoms with Gasteiger partial charge in [0.15, 0.2) is 5.13 Å². The molecule has 0 unspecified atom stereocenters. The van der Waals surface area contributed by atoms with Crippen molar-refractivity contribution in [1.82, 2.24) is 9.88 Å². The molecule has 104 valence electrons. The zero-order chi connectivity index (χ0) is 12.5. The van der Waals surface area contributed by atoms with Crippen LogP contribution in [-0.2, 0) is 6.54 Å². The van der Waals surface area contributed by atoms with Gasteiger partial charge in [0.05, 0.1) is 0 Å². The van der Waals surface area contributed by atoms with Crippen LogP contribution in [0.2, 0.25) is 0 Å². The number of thiazole rings is 1. The topological polar surface area (TPSA) is 42.2 Å². The maximum Gasteiger partial charge on any atom is 0.180 e. The number of anilines is 1. The van der Waals surface area contributed by atoms with Gasteiger partial charge in [0.1, 0.15) is 0 Å². The van der Waals surface area contributed by atoms with E-state index in [-0.39, 0.29) is 12.4 Å². The molecule has 0 aliphatic carbocycles. The Morgan fingerprint density at radius 2 is 2.06 bits per heavy atom. The predicted octanol–water partition coefficient (Wildman–Crippen LogP) is 3.41. The third-order valence-corrected chi connectivity index (χ3v) is 5.15. The lowest BCUT2D eigenvalue weighted by Gasteiger charge is -2.42. The van der Waals surface area contributed by atoms with Gasteiger partial charge in [-0.3, -0.25) is 4.90 Å². The summed E-state index contributed by atoms with van der Waals surface area (Å²) in [6, 6.07) is 0. The highest BCUT2D eigenvalue weighted by Gasteiger charge is 2.32. The lowest BCUT2D eigenvalue weighted by atomic mass is 9.72. The second kappa shape index (κ2) is 6.22. The Labute approximate surface area is 120 Å². The number of halogens is 1. The molecule has 0 saturated carbocycles. The number of nitrogens with two attached hydrogens (primary N) is 1. The summed E-state index contributed by atoms with van der Waals surface area (Å²) in [4.78, 5) is 7.92. The minimum atomic E-state index is 0. The van der Waals surface area contributed by atoms with Gasteiger partial charge in [0, 0.05) is 17.6 Å². The van der Waals surface area contributed by atoms with Crippen molar-refractivity contribution in [3.63, 3.8) is 0 Å². The molecule has 2 heterocycles. The van der Waals surface area contributed by atoms with Crippen molar-refractivity contribution >= 4 is 28.9 Å². The summed E-state index contributed by atoms with van der Waals surface area (Å²) in [5, 5.41) is 0.684. The van der Waals surface area contributed by atoms with Crippen LogP contribution in [-0.4, -0.2) is 23.0 Å². The van der Waals surface area contributed by atoms with Crippen LogP contribution in [0, 0.1) is 11.3 Å². The Balaban J connectivity index is 0.00000162. The number of nitrogen functional groups attached to an aromatic ring is 1. The number of rotatable bonds is 3. The Morgan fingerprint density at radius 1 is 1.44 bits per heavy atom. The molecule has 0 spiro atoms. The summed E-state index contributed by atoms with van der Waals surface area (Å²) < 4.78 is 0. The Bertz CT molecular complexity index is 370. The quantitative estimate of drug-likeness (QED) is 0.927. The molecule has 1 aromatic rings. The molecule has 0 bridgehead atoms. The lowest BCUT2D eigenvalue weighted by molar-refractivity contribution is 0.0748. The van der Waals surface area contributed by atoms with E-state index in [1.54, 1.807) is 11.3 Å². The molecule has 0 aromatic carbocycles. The molecular weight excluding hydrogens is 266 g/mol. The van der Waals surface area contributed by atoms with E-state index in [0.29, 0.717) is 10.5 Å². The van der Waals surface area contributed by atoms with Gasteiger partial charge in [-0.1, -0.05) is 20.8 Å². The molecule has 1 aromatic heterocycles. The van der Waals surface area contributed by atoms with Crippen LogP contribution in [0.25, 0.3) is 0 Å². The van der Waals surface area contributed by atoms with Crippen LogP contribution in [0.1, 0.15) is 38.5 Å². The highest BCUT2D eigenvalue weighted by molar-refractivity contribution is 7.15. The van der Waals surface area contributed by atoms with E-state index in [9.17, 15) is 0 Å². The molecule has 1 saturated heterocycles. The number of likely N-dealkylation sites (tertiary alicyclic amines) is 1. The third-order valence-electron chi connectivity index (χ3n) is 4.34. The van der Waals surface area contributed by atoms with Gasteiger partial charge in [-0.25, -0.2) is 4.98 Å². The summed E-state index contributed by atoms with van der Waals surface area (Å²) in [5.74, 6) is 0.781. The van der Waals surface area contributed by atoms with Gasteiger partial charge >= 0.3 is 0 Å². The lowest BCUT2D eigenvalue weighted by Crippen LogP contribution is -2.40. The average molecular weight is 290 g/mol. The van der Waals surface area contributed by atoms with Crippen LogP contribution < -0.4 is 5.73 Å². The first kappa shape index (κ1) is 15.7. The standard InChI is InChI=1S/C13H23N3S.ClH/c1-10(2)13(3)4-6-16(7-5-13)9-11-8-15-12(14)17-11;/h8,10H,4-7,9H2,1-3H3,(H2,14,15);1H. The predicted molar refractivity (Wildman–Crippen MR) is 81.2 cm³/mol. The fourth-order valence-electron chi connectivity index (χ4n) is 2.42. The van der Waals surface area contributed by atoms with Crippen LogP contribution in [0.4, 0.5) is 5.13 Å². The van der Waals surface area contributed by atoms with Gasteiger partial charge in [-0.05, 0) is 37.3 Å². The van der Waals surface area contributed by atoms with E-state index < -0.39 is 0 Å². The van der Waals surface area contributed by atoms with Gasteiger partial charge in [0.25, 0.3) is 0 Å². The third kappa shape index (κ3) is 3.59. The van der Waals surface area contributed by atoms with E-state index >= 15 is 0 Å². The maximum atomic E-state index is 5.66. The zero-order valence-electron chi connectivity index (χ0n) is 11.5. The molecule has 0 amide bonds. The van der Waals surface area contributed by atoms with Crippen molar-refractivity contribution in [1.29, 1.82) is 0 Å². The van der Waals surface area contributed by atoms with Crippen molar-refractivity contribution < 1.29 is 0 Å². The summed E-state index contributed by atoms with van der Waals surface area (Å²) in [7, 11) is 0. The molecule has 18 heavy (non-hydrogen) atoms. The van der Waals surface area contributed by atoms with Crippen LogP contribution in [0.15, 0.2) is 6.20 Å². The van der Waals surface area contributed by atoms with E-state index in [4.69, 9.17) is 5.73 Å². The molecule has 0 radical (unpaired) electrons. The molecule has 3 nitrogen and oxygen atoms in total. The fourth-order valence-corrected chi connectivity index (χ4v) is 3.14. The van der Waals surface area contributed by atoms with Crippen molar-refractivity contribution in [2.75, 3.05) is 18.8 Å². The minimum Gasteiger partial charge on any atom is -0.375 e. The van der Waals surface area contributed by atoms with E-state index in [2.05, 4.69) is 30.7 Å². The van der Waals surface area contributed by atoms with Gasteiger partial charge in [-0.15, -0.1) is 23.7 Å². The SMILES string of the molecule is CC(C)C1(C)CCN(Cc2cnc(N)s2)CC1.Cl. The second-order valence-electron chi connectivity index (χ2n) is 5.75. The molecular formula is C13H24ClN3S. The number of piperidine rings is 1. The molecule has 5 heteroatoms. The Kier molecular flexibility index (Phi) is 5.44. The van der Waals surface area contributed by atoms with E-state index in [1.165, 1.54) is 30.8 Å². The normalized spacial score (nSPS) is 19.8. The van der Waals surface area contributed by atoms with Gasteiger partial charge in [-0.2, -0.15) is 0 Å². The van der Waals surface area contributed by atoms with Gasteiger partial charge < -0.3 is 5.73 Å². The zero-order valence-corrected chi connectivity index (χ0v) is 13.1. The number of hydrogen-bond acceptors (Lipinski definition) is 4. The van der Waals surface area contributed by atoms with Crippen molar-refractivity contribution in [2.24, 2.45) is 11.3 Å². The summed E-state index contributed by atoms with van der Waals surface area (Å²) in [6.07, 6.45) is 4.52. The van der Waals surface area contributed by atoms with E-state index in [1.807, 2.05) is 6.20 Å². The number of aromatic nitrogens is 1. The molecule has 1 fully saturated rings. The molecule has 2 N–H and O–H groups in total. The first-order valence-corrected chi connectivity index (χ1v) is 7.24. The second-order valence-corrected chi connectivity index (χ2v) is 6.90. The summed E-state index contributed by atoms with van der Waals surface area (Å²) in [5.41, 5.74) is 6.19. The monoisotopic (exact) mass is 289 g/mol. The number of hydrogen-bond donors (Lipinski definition) is 1. The summed E-state index contributed by atoms with van der Waals surface area (Å²) >= 11 is 1.61. The molecule has 1 aliphatic rings. The van der Waals surface area contributed by atoms with Gasteiger partial charge in [0.2, 0.25) is 0 Å². The van der Waals surface area contributed by atoms with Crippen molar-refractivity contribution in [3.8, 4) is 0 Å². The molecule has 1 aliphatic heterocycles. The number of nitrogens with zero attached hydrogens (tertiary/aromatic N) is 2. The van der Waals surface area contributed by atoms with Crippen LogP contribution in [0.5, 0.6) is 0 Å². The maximum absolute atomic E-state index is 5.66. The van der Waals surface area contributed by atoms with Crippen molar-refractivity contribution in [3.05, 3.63) is 11.1 Å². The summed E-state index contributed by atoms with van der Waals surface area (Å²) in [6.45, 7) is 10.5. The van der Waals surface area contributed by atoms with E-state index in [0.717, 1.165) is 12.5 Å². The van der Waals surface area contributed by atoms with Crippen LogP contribution >= 0.6 is 23.7 Å².